The Morgan fingerprint density at radius 3 is 2.24 bits per heavy atom. The van der Waals surface area contributed by atoms with Crippen molar-refractivity contribution in [2.24, 2.45) is 0 Å². The van der Waals surface area contributed by atoms with Crippen LogP contribution in [-0.2, 0) is 19.1 Å². The van der Waals surface area contributed by atoms with Crippen LogP contribution in [0.1, 0.15) is 45.4 Å². The van der Waals surface area contributed by atoms with Gasteiger partial charge in [0.1, 0.15) is 5.60 Å². The van der Waals surface area contributed by atoms with Crippen LogP contribution in [0.2, 0.25) is 0 Å². The van der Waals surface area contributed by atoms with Crippen molar-refractivity contribution in [1.82, 2.24) is 0 Å². The first-order valence-corrected chi connectivity index (χ1v) is 6.75. The number of halogens is 3. The van der Waals surface area contributed by atoms with E-state index in [1.165, 1.54) is 6.92 Å². The number of rotatable bonds is 5. The van der Waals surface area contributed by atoms with E-state index in [-0.39, 0.29) is 12.0 Å². The number of hydrogen-bond donors (Lipinski definition) is 0. The quantitative estimate of drug-likeness (QED) is 0.577. The zero-order valence-electron chi connectivity index (χ0n) is 11.9. The lowest BCUT2D eigenvalue weighted by Crippen LogP contribution is -2.40. The third-order valence-corrected chi connectivity index (χ3v) is 3.29. The van der Waals surface area contributed by atoms with Crippen molar-refractivity contribution in [3.05, 3.63) is 12.2 Å². The van der Waals surface area contributed by atoms with E-state index in [9.17, 15) is 22.8 Å². The largest absolute Gasteiger partial charge is 0.456 e. The molecule has 1 saturated carbocycles. The summed E-state index contributed by atoms with van der Waals surface area (Å²) in [6, 6.07) is 0. The second-order valence-electron chi connectivity index (χ2n) is 5.37. The van der Waals surface area contributed by atoms with E-state index >= 15 is 0 Å². The van der Waals surface area contributed by atoms with Crippen LogP contribution in [0.15, 0.2) is 12.2 Å². The Morgan fingerprint density at radius 2 is 1.76 bits per heavy atom. The van der Waals surface area contributed by atoms with Crippen LogP contribution in [0.25, 0.3) is 0 Å². The van der Waals surface area contributed by atoms with E-state index in [1.54, 1.807) is 0 Å². The minimum atomic E-state index is -4.57. The lowest BCUT2D eigenvalue weighted by atomic mass is 9.82. The first-order chi connectivity index (χ1) is 9.64. The molecule has 0 spiro atoms. The number of carbonyl (C=O) groups is 2. The first-order valence-electron chi connectivity index (χ1n) is 6.75. The highest BCUT2D eigenvalue weighted by molar-refractivity contribution is 5.87. The molecule has 0 radical (unpaired) electrons. The molecule has 0 saturated heterocycles. The Bertz CT molecular complexity index is 409. The van der Waals surface area contributed by atoms with Crippen molar-refractivity contribution in [2.75, 3.05) is 6.61 Å². The molecule has 4 nitrogen and oxygen atoms in total. The summed E-state index contributed by atoms with van der Waals surface area (Å²) >= 11 is 0. The van der Waals surface area contributed by atoms with Crippen LogP contribution < -0.4 is 0 Å². The molecule has 7 heteroatoms. The third-order valence-electron chi connectivity index (χ3n) is 3.29. The third kappa shape index (κ3) is 6.18. The molecule has 0 bridgehead atoms. The van der Waals surface area contributed by atoms with Gasteiger partial charge in [-0.05, 0) is 32.6 Å². The Balaban J connectivity index is 2.67. The highest BCUT2D eigenvalue weighted by Crippen LogP contribution is 2.35. The van der Waals surface area contributed by atoms with E-state index in [0.717, 1.165) is 19.3 Å². The fourth-order valence-corrected chi connectivity index (χ4v) is 2.27. The maximum atomic E-state index is 12.0. The van der Waals surface area contributed by atoms with Gasteiger partial charge in [0.25, 0.3) is 0 Å². The second kappa shape index (κ2) is 6.95. The van der Waals surface area contributed by atoms with E-state index in [4.69, 9.17) is 4.74 Å². The van der Waals surface area contributed by atoms with Crippen LogP contribution >= 0.6 is 0 Å². The standard InChI is InChI=1S/C14H19F3O4/c1-10(2)12(19)21-13(6-4-3-5-7-13)8-11(18)20-9-14(15,16)17/h1,3-9H2,2H3. The lowest BCUT2D eigenvalue weighted by molar-refractivity contribution is -0.192. The van der Waals surface area contributed by atoms with Gasteiger partial charge >= 0.3 is 18.1 Å². The SMILES string of the molecule is C=C(C)C(=O)OC1(CC(=O)OCC(F)(F)F)CCCCC1. The van der Waals surface area contributed by atoms with Gasteiger partial charge in [-0.1, -0.05) is 13.0 Å². The van der Waals surface area contributed by atoms with Crippen molar-refractivity contribution >= 4 is 11.9 Å². The minimum Gasteiger partial charge on any atom is -0.456 e. The average molecular weight is 308 g/mol. The predicted molar refractivity (Wildman–Crippen MR) is 68.4 cm³/mol. The molecule has 0 N–H and O–H groups in total. The van der Waals surface area contributed by atoms with Crippen LogP contribution in [0.3, 0.4) is 0 Å². The summed E-state index contributed by atoms with van der Waals surface area (Å²) in [5.74, 6) is -1.65. The molecule has 0 unspecified atom stereocenters. The van der Waals surface area contributed by atoms with Crippen molar-refractivity contribution in [1.29, 1.82) is 0 Å². The van der Waals surface area contributed by atoms with Crippen molar-refractivity contribution in [3.8, 4) is 0 Å². The molecule has 0 aromatic heterocycles. The normalized spacial score (nSPS) is 17.9. The molecule has 1 fully saturated rings. The molecule has 1 aliphatic rings. The van der Waals surface area contributed by atoms with Gasteiger partial charge in [-0.25, -0.2) is 4.79 Å². The number of hydrogen-bond acceptors (Lipinski definition) is 4. The van der Waals surface area contributed by atoms with Crippen molar-refractivity contribution in [3.63, 3.8) is 0 Å². The lowest BCUT2D eigenvalue weighted by Gasteiger charge is -2.36. The number of ether oxygens (including phenoxy) is 2. The maximum Gasteiger partial charge on any atom is 0.422 e. The molecular weight excluding hydrogens is 289 g/mol. The summed E-state index contributed by atoms with van der Waals surface area (Å²) in [7, 11) is 0. The van der Waals surface area contributed by atoms with Crippen LogP contribution in [-0.4, -0.2) is 30.3 Å². The van der Waals surface area contributed by atoms with E-state index in [1.807, 2.05) is 0 Å². The molecule has 120 valence electrons. The Morgan fingerprint density at radius 1 is 1.19 bits per heavy atom. The number of alkyl halides is 3. The number of carbonyl (C=O) groups excluding carboxylic acids is 2. The molecule has 1 rings (SSSR count). The van der Waals surface area contributed by atoms with Crippen LogP contribution in [0.4, 0.5) is 13.2 Å². The summed E-state index contributed by atoms with van der Waals surface area (Å²) < 4.78 is 45.6. The molecule has 0 heterocycles. The zero-order chi connectivity index (χ0) is 16.1. The fourth-order valence-electron chi connectivity index (χ4n) is 2.27. The predicted octanol–water partition coefficient (Wildman–Crippen LogP) is 3.30. The van der Waals surface area contributed by atoms with E-state index in [2.05, 4.69) is 11.3 Å². The maximum absolute atomic E-state index is 12.0. The van der Waals surface area contributed by atoms with Gasteiger partial charge in [-0.15, -0.1) is 0 Å². The smallest absolute Gasteiger partial charge is 0.422 e. The Hall–Kier alpha value is -1.53. The summed E-state index contributed by atoms with van der Waals surface area (Å²) in [6.07, 6.45) is -1.62. The summed E-state index contributed by atoms with van der Waals surface area (Å²) in [5, 5.41) is 0. The number of esters is 2. The summed E-state index contributed by atoms with van der Waals surface area (Å²) in [4.78, 5) is 23.2. The monoisotopic (exact) mass is 308 g/mol. The average Bonchev–Trinajstić information content (AvgIpc) is 2.36. The van der Waals surface area contributed by atoms with Gasteiger partial charge in [-0.2, -0.15) is 13.2 Å². The first kappa shape index (κ1) is 17.5. The molecule has 0 aliphatic heterocycles. The molecular formula is C14H19F3O4. The second-order valence-corrected chi connectivity index (χ2v) is 5.37. The topological polar surface area (TPSA) is 52.6 Å². The molecule has 21 heavy (non-hydrogen) atoms. The minimum absolute atomic E-state index is 0.184. The van der Waals surface area contributed by atoms with Crippen molar-refractivity contribution in [2.45, 2.75) is 57.2 Å². The van der Waals surface area contributed by atoms with Gasteiger partial charge in [0.05, 0.1) is 6.42 Å². The molecule has 0 aromatic rings. The highest BCUT2D eigenvalue weighted by Gasteiger charge is 2.40. The van der Waals surface area contributed by atoms with Gasteiger partial charge in [0.15, 0.2) is 6.61 Å². The summed E-state index contributed by atoms with van der Waals surface area (Å²) in [5.41, 5.74) is -0.889. The van der Waals surface area contributed by atoms with Gasteiger partial charge in [-0.3, -0.25) is 4.79 Å². The van der Waals surface area contributed by atoms with E-state index in [0.29, 0.717) is 12.8 Å². The molecule has 1 aliphatic carbocycles. The zero-order valence-corrected chi connectivity index (χ0v) is 11.9. The Labute approximate surface area is 121 Å². The van der Waals surface area contributed by atoms with E-state index < -0.39 is 30.3 Å². The van der Waals surface area contributed by atoms with Gasteiger partial charge in [0, 0.05) is 5.57 Å². The van der Waals surface area contributed by atoms with Gasteiger partial charge in [0.2, 0.25) is 0 Å². The molecule has 0 atom stereocenters. The highest BCUT2D eigenvalue weighted by atomic mass is 19.4. The Kier molecular flexibility index (Phi) is 5.80. The van der Waals surface area contributed by atoms with Crippen LogP contribution in [0.5, 0.6) is 0 Å². The molecule has 0 amide bonds. The summed E-state index contributed by atoms with van der Waals surface area (Å²) in [6.45, 7) is 3.30. The molecule has 0 aromatic carbocycles. The van der Waals surface area contributed by atoms with Crippen LogP contribution in [0, 0.1) is 0 Å². The van der Waals surface area contributed by atoms with Gasteiger partial charge < -0.3 is 9.47 Å². The fraction of sp³-hybridized carbons (Fsp3) is 0.714. The van der Waals surface area contributed by atoms with Crippen molar-refractivity contribution < 1.29 is 32.2 Å².